The highest BCUT2D eigenvalue weighted by molar-refractivity contribution is 6.90. The molecule has 0 radical (unpaired) electrons. The number of benzene rings is 10. The van der Waals surface area contributed by atoms with Gasteiger partial charge in [0.2, 0.25) is 0 Å². The zero-order valence-electron chi connectivity index (χ0n) is 37.4. The number of hydrogen-bond donors (Lipinski definition) is 0. The minimum Gasteiger partial charge on any atom is -0.454 e. The van der Waals surface area contributed by atoms with Gasteiger partial charge >= 0.3 is 6.85 Å². The van der Waals surface area contributed by atoms with Crippen molar-refractivity contribution in [1.82, 2.24) is 4.48 Å². The Hall–Kier alpha value is -8.48. The molecule has 0 bridgehead atoms. The molecule has 5 heterocycles. The molecule has 0 N–H and O–H groups in total. The summed E-state index contributed by atoms with van der Waals surface area (Å²) < 4.78 is 16.8. The molecule has 0 atom stereocenters. The molecule has 5 nitrogen and oxygen atoms in total. The second-order valence-electron chi connectivity index (χ2n) is 18.6. The SMILES string of the molecule is CCCCc1ccc(N(c2ccccc2)c2ccc3c(c2)B2c4c(cc5c(oc6ccccc65)c4N3c3cccc4c3oc3ccccc34)-c3cccc4c5c6ccccc6ccc5n2c34)cc1. The van der Waals surface area contributed by atoms with Crippen molar-refractivity contribution in [3.8, 4) is 11.1 Å². The van der Waals surface area contributed by atoms with E-state index in [-0.39, 0.29) is 6.85 Å². The van der Waals surface area contributed by atoms with Crippen molar-refractivity contribution in [3.05, 3.63) is 206 Å². The lowest BCUT2D eigenvalue weighted by Gasteiger charge is -2.41. The smallest absolute Gasteiger partial charge is 0.333 e. The van der Waals surface area contributed by atoms with Crippen LogP contribution in [0, 0.1) is 0 Å². The van der Waals surface area contributed by atoms with Gasteiger partial charge in [0.1, 0.15) is 11.2 Å². The minimum atomic E-state index is -0.219. The molecule has 0 spiro atoms. The van der Waals surface area contributed by atoms with E-state index < -0.39 is 0 Å². The lowest BCUT2D eigenvalue weighted by Crippen LogP contribution is -2.56. The van der Waals surface area contributed by atoms with Crippen LogP contribution < -0.4 is 20.7 Å². The Kier molecular flexibility index (Phi) is 7.91. The third-order valence-electron chi connectivity index (χ3n) is 14.9. The van der Waals surface area contributed by atoms with E-state index in [0.717, 1.165) is 84.4 Å². The average molecular weight is 872 g/mol. The second-order valence-corrected chi connectivity index (χ2v) is 18.6. The van der Waals surface area contributed by atoms with Crippen molar-refractivity contribution < 1.29 is 8.83 Å². The van der Waals surface area contributed by atoms with E-state index in [0.29, 0.717) is 0 Å². The Bertz CT molecular complexity index is 4220. The number of furan rings is 2. The predicted octanol–water partition coefficient (Wildman–Crippen LogP) is 16.0. The monoisotopic (exact) mass is 871 g/mol. The third kappa shape index (κ3) is 5.17. The van der Waals surface area contributed by atoms with E-state index in [2.05, 4.69) is 221 Å². The molecular weight excluding hydrogens is 830 g/mol. The number of anilines is 6. The van der Waals surface area contributed by atoms with Crippen molar-refractivity contribution in [1.29, 1.82) is 0 Å². The van der Waals surface area contributed by atoms with E-state index in [4.69, 9.17) is 8.83 Å². The van der Waals surface area contributed by atoms with Gasteiger partial charge in [0, 0.05) is 71.7 Å². The highest BCUT2D eigenvalue weighted by atomic mass is 16.3. The fourth-order valence-electron chi connectivity index (χ4n) is 12.0. The molecule has 68 heavy (non-hydrogen) atoms. The number of unbranched alkanes of at least 4 members (excludes halogenated alkanes) is 1. The second kappa shape index (κ2) is 14.3. The first-order valence-electron chi connectivity index (χ1n) is 23.9. The molecule has 320 valence electrons. The van der Waals surface area contributed by atoms with Gasteiger partial charge in [-0.1, -0.05) is 141 Å². The maximum Gasteiger partial charge on any atom is 0.333 e. The van der Waals surface area contributed by atoms with Gasteiger partial charge < -0.3 is 23.1 Å². The van der Waals surface area contributed by atoms with Crippen LogP contribution in [-0.4, -0.2) is 11.3 Å². The van der Waals surface area contributed by atoms with Crippen LogP contribution in [0.3, 0.4) is 0 Å². The van der Waals surface area contributed by atoms with Crippen molar-refractivity contribution >= 4 is 128 Å². The van der Waals surface area contributed by atoms with Gasteiger partial charge in [-0.15, -0.1) is 0 Å². The van der Waals surface area contributed by atoms with E-state index >= 15 is 0 Å². The first-order valence-corrected chi connectivity index (χ1v) is 23.9. The molecule has 0 unspecified atom stereocenters. The molecule has 15 rings (SSSR count). The van der Waals surface area contributed by atoms with E-state index in [1.807, 2.05) is 0 Å². The van der Waals surface area contributed by atoms with Crippen molar-refractivity contribution in [2.24, 2.45) is 0 Å². The van der Waals surface area contributed by atoms with Gasteiger partial charge in [0.15, 0.2) is 11.2 Å². The maximum absolute atomic E-state index is 7.17. The van der Waals surface area contributed by atoms with Crippen molar-refractivity contribution in [3.63, 3.8) is 0 Å². The van der Waals surface area contributed by atoms with Gasteiger partial charge in [-0.05, 0) is 118 Å². The molecule has 0 aliphatic carbocycles. The molecule has 0 saturated heterocycles. The number of nitrogens with zero attached hydrogens (tertiary/aromatic N) is 3. The van der Waals surface area contributed by atoms with E-state index in [1.165, 1.54) is 73.0 Å². The van der Waals surface area contributed by atoms with Crippen molar-refractivity contribution in [2.45, 2.75) is 26.2 Å². The first kappa shape index (κ1) is 37.7. The number of aryl methyl sites for hydroxylation is 1. The zero-order chi connectivity index (χ0) is 44.6. The van der Waals surface area contributed by atoms with Crippen LogP contribution >= 0.6 is 0 Å². The summed E-state index contributed by atoms with van der Waals surface area (Å²) in [7, 11) is 0. The fourth-order valence-corrected chi connectivity index (χ4v) is 12.0. The standard InChI is InChI=1S/C62H42BN3O2/c1-2-3-15-38-28-31-41(32-29-38)64(40-17-5-4-6-18-40)42-33-35-52-51(36-42)63-58-49(46-22-13-24-48-57-43-19-8-7-16-39(43)30-34-53(57)66(63)59(46)48)37-50-45-21-10-12-27-56(45)68-62(50)60(58)65(52)54-25-14-23-47-44-20-9-11-26-55(44)67-61(47)54/h4-14,16-37H,2-3,15H2,1H3. The van der Waals surface area contributed by atoms with Crippen LogP contribution in [0.15, 0.2) is 209 Å². The minimum absolute atomic E-state index is 0.219. The van der Waals surface area contributed by atoms with Gasteiger partial charge in [-0.3, -0.25) is 0 Å². The molecule has 0 saturated carbocycles. The molecule has 2 aliphatic rings. The number of rotatable bonds is 7. The fraction of sp³-hybridized carbons (Fsp3) is 0.0645. The zero-order valence-corrected chi connectivity index (χ0v) is 37.4. The summed E-state index contributed by atoms with van der Waals surface area (Å²) in [5.41, 5.74) is 18.5. The van der Waals surface area contributed by atoms with Gasteiger partial charge in [-0.2, -0.15) is 0 Å². The maximum atomic E-state index is 7.17. The summed E-state index contributed by atoms with van der Waals surface area (Å²) in [6, 6.07) is 73.4. The van der Waals surface area contributed by atoms with Crippen LogP contribution in [0.2, 0.25) is 0 Å². The Morgan fingerprint density at radius 1 is 0.500 bits per heavy atom. The highest BCUT2D eigenvalue weighted by Crippen LogP contribution is 2.52. The Morgan fingerprint density at radius 2 is 1.18 bits per heavy atom. The Morgan fingerprint density at radius 3 is 2.00 bits per heavy atom. The molecule has 0 fully saturated rings. The van der Waals surface area contributed by atoms with Crippen LogP contribution in [0.4, 0.5) is 34.1 Å². The summed E-state index contributed by atoms with van der Waals surface area (Å²) in [6.07, 6.45) is 3.43. The summed E-state index contributed by atoms with van der Waals surface area (Å²) in [6.45, 7) is 2.04. The van der Waals surface area contributed by atoms with Crippen LogP contribution in [-0.2, 0) is 6.42 Å². The van der Waals surface area contributed by atoms with E-state index in [9.17, 15) is 0 Å². The van der Waals surface area contributed by atoms with Gasteiger partial charge in [-0.25, -0.2) is 0 Å². The normalized spacial score (nSPS) is 12.9. The van der Waals surface area contributed by atoms with Crippen LogP contribution in [0.5, 0.6) is 0 Å². The molecule has 13 aromatic rings. The summed E-state index contributed by atoms with van der Waals surface area (Å²) in [4.78, 5) is 4.88. The topological polar surface area (TPSA) is 37.7 Å². The van der Waals surface area contributed by atoms with E-state index in [1.54, 1.807) is 0 Å². The molecule has 2 aliphatic heterocycles. The number of para-hydroxylation sites is 5. The Balaban J connectivity index is 1.10. The quantitative estimate of drug-likeness (QED) is 0.150. The van der Waals surface area contributed by atoms with Crippen LogP contribution in [0.25, 0.3) is 87.6 Å². The largest absolute Gasteiger partial charge is 0.454 e. The average Bonchev–Trinajstić information content (AvgIpc) is 4.08. The van der Waals surface area contributed by atoms with Gasteiger partial charge in [0.25, 0.3) is 0 Å². The molecule has 10 aromatic carbocycles. The summed E-state index contributed by atoms with van der Waals surface area (Å²) >= 11 is 0. The summed E-state index contributed by atoms with van der Waals surface area (Å²) in [5, 5.41) is 9.42. The molecule has 0 amide bonds. The molecule has 3 aromatic heterocycles. The van der Waals surface area contributed by atoms with Gasteiger partial charge in [0.05, 0.1) is 11.4 Å². The van der Waals surface area contributed by atoms with Crippen LogP contribution in [0.1, 0.15) is 25.3 Å². The molecule has 6 heteroatoms. The third-order valence-corrected chi connectivity index (χ3v) is 14.9. The lowest BCUT2D eigenvalue weighted by molar-refractivity contribution is 0.666. The molecular formula is C62H42BN3O2. The summed E-state index contributed by atoms with van der Waals surface area (Å²) in [5.74, 6) is 0. The highest BCUT2D eigenvalue weighted by Gasteiger charge is 2.45. The first-order chi connectivity index (χ1) is 33.7. The number of aromatic nitrogens is 1. The lowest BCUT2D eigenvalue weighted by atomic mass is 9.45. The predicted molar refractivity (Wildman–Crippen MR) is 285 cm³/mol. The van der Waals surface area contributed by atoms with Crippen molar-refractivity contribution in [2.75, 3.05) is 9.80 Å². The number of fused-ring (bicyclic) bond motifs is 16. The Labute approximate surface area is 392 Å². The number of hydrogen-bond acceptors (Lipinski definition) is 4.